The van der Waals surface area contributed by atoms with E-state index in [2.05, 4.69) is 34.9 Å². The van der Waals surface area contributed by atoms with Gasteiger partial charge >= 0.3 is 0 Å². The summed E-state index contributed by atoms with van der Waals surface area (Å²) < 4.78 is 6.00. The molecule has 41 heavy (non-hydrogen) atoms. The molecule has 214 valence electrons. The molecule has 0 bridgehead atoms. The number of amides is 2. The van der Waals surface area contributed by atoms with E-state index >= 15 is 0 Å². The molecule has 6 heteroatoms. The molecule has 0 radical (unpaired) electrons. The molecule has 0 aromatic heterocycles. The van der Waals surface area contributed by atoms with Crippen molar-refractivity contribution in [3.8, 4) is 5.75 Å². The Kier molecular flexibility index (Phi) is 10.5. The van der Waals surface area contributed by atoms with E-state index in [4.69, 9.17) is 4.74 Å². The molecule has 0 saturated carbocycles. The quantitative estimate of drug-likeness (QED) is 0.274. The van der Waals surface area contributed by atoms with Crippen LogP contribution in [0.25, 0.3) is 11.6 Å². The van der Waals surface area contributed by atoms with Gasteiger partial charge in [-0.2, -0.15) is 0 Å². The van der Waals surface area contributed by atoms with Gasteiger partial charge in [0.25, 0.3) is 11.8 Å². The van der Waals surface area contributed by atoms with Crippen molar-refractivity contribution in [1.82, 2.24) is 10.6 Å². The van der Waals surface area contributed by atoms with Crippen LogP contribution in [0.2, 0.25) is 0 Å². The maximum atomic E-state index is 13.8. The molecular weight excluding hydrogens is 512 g/mol. The second-order valence-electron chi connectivity index (χ2n) is 10.3. The Balaban J connectivity index is 1.62. The van der Waals surface area contributed by atoms with Crippen LogP contribution >= 0.6 is 0 Å². The summed E-state index contributed by atoms with van der Waals surface area (Å²) in [6.45, 7) is 4.07. The zero-order chi connectivity index (χ0) is 29.2. The van der Waals surface area contributed by atoms with Crippen molar-refractivity contribution < 1.29 is 19.4 Å². The van der Waals surface area contributed by atoms with E-state index in [1.54, 1.807) is 19.2 Å². The Bertz CT molecular complexity index is 1420. The first-order chi connectivity index (χ1) is 20.0. The molecule has 1 aliphatic rings. The van der Waals surface area contributed by atoms with Gasteiger partial charge in [-0.05, 0) is 98.0 Å². The Morgan fingerprint density at radius 2 is 1.83 bits per heavy atom. The third-order valence-corrected chi connectivity index (χ3v) is 7.33. The third-order valence-electron chi connectivity index (χ3n) is 7.33. The second kappa shape index (κ2) is 14.5. The van der Waals surface area contributed by atoms with Crippen molar-refractivity contribution in [3.63, 3.8) is 0 Å². The summed E-state index contributed by atoms with van der Waals surface area (Å²) in [4.78, 5) is 25.7. The smallest absolute Gasteiger partial charge is 0.255 e. The number of ether oxygens (including phenoxy) is 1. The molecule has 4 rings (SSSR count). The van der Waals surface area contributed by atoms with Crippen molar-refractivity contribution in [1.29, 1.82) is 0 Å². The molecule has 0 saturated heterocycles. The highest BCUT2D eigenvalue weighted by atomic mass is 16.5. The molecule has 0 unspecified atom stereocenters. The van der Waals surface area contributed by atoms with Crippen molar-refractivity contribution in [2.24, 2.45) is 0 Å². The highest BCUT2D eigenvalue weighted by Crippen LogP contribution is 2.31. The largest absolute Gasteiger partial charge is 0.492 e. The zero-order valence-corrected chi connectivity index (χ0v) is 24.2. The molecule has 1 atom stereocenters. The lowest BCUT2D eigenvalue weighted by Gasteiger charge is -2.21. The van der Waals surface area contributed by atoms with Crippen molar-refractivity contribution in [3.05, 3.63) is 112 Å². The van der Waals surface area contributed by atoms with Gasteiger partial charge in [-0.3, -0.25) is 9.59 Å². The number of benzene rings is 3. The second-order valence-corrected chi connectivity index (χ2v) is 10.3. The topological polar surface area (TPSA) is 87.7 Å². The fourth-order valence-corrected chi connectivity index (χ4v) is 5.36. The first kappa shape index (κ1) is 29.8. The summed E-state index contributed by atoms with van der Waals surface area (Å²) in [5.74, 6) is 0.114. The van der Waals surface area contributed by atoms with Crippen LogP contribution < -0.4 is 15.4 Å². The van der Waals surface area contributed by atoms with E-state index in [9.17, 15) is 14.7 Å². The van der Waals surface area contributed by atoms with Crippen LogP contribution in [-0.4, -0.2) is 43.2 Å². The highest BCUT2D eigenvalue weighted by Gasteiger charge is 2.22. The summed E-state index contributed by atoms with van der Waals surface area (Å²) >= 11 is 0. The summed E-state index contributed by atoms with van der Waals surface area (Å²) in [6, 6.07) is 19.3. The Labute approximate surface area is 243 Å². The first-order valence-electron chi connectivity index (χ1n) is 14.4. The van der Waals surface area contributed by atoms with Gasteiger partial charge in [-0.15, -0.1) is 0 Å². The van der Waals surface area contributed by atoms with Gasteiger partial charge in [-0.1, -0.05) is 54.6 Å². The Morgan fingerprint density at radius 3 is 2.54 bits per heavy atom. The lowest BCUT2D eigenvalue weighted by molar-refractivity contribution is 0.0913. The molecule has 1 aliphatic carbocycles. The summed E-state index contributed by atoms with van der Waals surface area (Å²) in [5, 5.41) is 16.0. The van der Waals surface area contributed by atoms with Crippen LogP contribution in [0.4, 0.5) is 0 Å². The van der Waals surface area contributed by atoms with Gasteiger partial charge in [0.15, 0.2) is 0 Å². The van der Waals surface area contributed by atoms with Gasteiger partial charge in [0.2, 0.25) is 0 Å². The van der Waals surface area contributed by atoms with Gasteiger partial charge in [0.1, 0.15) is 5.75 Å². The average Bonchev–Trinajstić information content (AvgIpc) is 3.20. The average molecular weight is 553 g/mol. The van der Waals surface area contributed by atoms with Gasteiger partial charge in [-0.25, -0.2) is 0 Å². The number of aliphatic hydroxyl groups excluding tert-OH is 1. The summed E-state index contributed by atoms with van der Waals surface area (Å²) in [6.07, 6.45) is 10.3. The van der Waals surface area contributed by atoms with Crippen LogP contribution in [0.3, 0.4) is 0 Å². The summed E-state index contributed by atoms with van der Waals surface area (Å²) in [7, 11) is 1.61. The number of fused-ring (bicyclic) bond motifs is 1. The number of nitrogens with one attached hydrogen (secondary N) is 2. The number of rotatable bonds is 11. The van der Waals surface area contributed by atoms with Crippen molar-refractivity contribution in [2.45, 2.75) is 52.0 Å². The fraction of sp³-hybridized carbons (Fsp3) is 0.314. The maximum absolute atomic E-state index is 13.8. The molecular formula is C35H40N2O4. The number of aryl methyl sites for hydroxylation is 1. The maximum Gasteiger partial charge on any atom is 0.255 e. The molecule has 0 heterocycles. The lowest BCUT2D eigenvalue weighted by Crippen LogP contribution is -2.38. The minimum atomic E-state index is -0.444. The molecule has 0 aliphatic heterocycles. The monoisotopic (exact) mass is 552 g/mol. The lowest BCUT2D eigenvalue weighted by atomic mass is 9.94. The number of hydrogen-bond acceptors (Lipinski definition) is 4. The predicted octanol–water partition coefficient (Wildman–Crippen LogP) is 5.97. The summed E-state index contributed by atoms with van der Waals surface area (Å²) in [5.41, 5.74) is 7.49. The minimum absolute atomic E-state index is 0.131. The number of aliphatic hydroxyl groups is 1. The zero-order valence-electron chi connectivity index (χ0n) is 24.2. The minimum Gasteiger partial charge on any atom is -0.492 e. The van der Waals surface area contributed by atoms with Crippen LogP contribution in [0, 0.1) is 0 Å². The standard InChI is InChI=1S/C35H40N2O4/c1-4-10-29-20-25(19-24-15-17-27(18-16-24)34(39)36-3)21-32(33(29)41-5-2)35(40)37-30(23-38)22-28-13-7-6-11-26-12-8-9-14-31(26)28/h4,8-10,12-18,20-21,30,38H,5-7,11,19,22-23H2,1-3H3,(H,36,39)(H,37,40)/b10-4-/t30-/m1/s1. The van der Waals surface area contributed by atoms with Crippen molar-refractivity contribution in [2.75, 3.05) is 20.3 Å². The van der Waals surface area contributed by atoms with E-state index < -0.39 is 6.04 Å². The SMILES string of the molecule is C/C=C\c1cc(Cc2ccc(C(=O)NC)cc2)cc(C(=O)N[C@@H](CO)CC2=CCCCc3ccccc32)c1OCC. The van der Waals surface area contributed by atoms with Crippen LogP contribution in [0.1, 0.15) is 81.6 Å². The molecule has 0 spiro atoms. The first-order valence-corrected chi connectivity index (χ1v) is 14.4. The van der Waals surface area contributed by atoms with E-state index in [0.29, 0.717) is 36.3 Å². The third kappa shape index (κ3) is 7.53. The van der Waals surface area contributed by atoms with Crippen LogP contribution in [0.15, 0.2) is 72.8 Å². The van der Waals surface area contributed by atoms with Gasteiger partial charge in [0, 0.05) is 18.2 Å². The Morgan fingerprint density at radius 1 is 1.05 bits per heavy atom. The number of hydrogen-bond donors (Lipinski definition) is 3. The molecule has 0 fully saturated rings. The fourth-order valence-electron chi connectivity index (χ4n) is 5.36. The number of allylic oxidation sites excluding steroid dienone is 2. The van der Waals surface area contributed by atoms with Crippen molar-refractivity contribution >= 4 is 23.5 Å². The number of carbonyl (C=O) groups is 2. The predicted molar refractivity (Wildman–Crippen MR) is 165 cm³/mol. The van der Waals surface area contributed by atoms with Crippen LogP contribution in [-0.2, 0) is 12.8 Å². The number of carbonyl (C=O) groups excluding carboxylic acids is 2. The van der Waals surface area contributed by atoms with E-state index in [1.165, 1.54) is 11.1 Å². The molecule has 3 N–H and O–H groups in total. The molecule has 3 aromatic carbocycles. The van der Waals surface area contributed by atoms with E-state index in [-0.39, 0.29) is 18.4 Å². The van der Waals surface area contributed by atoms with Crippen LogP contribution in [0.5, 0.6) is 5.75 Å². The molecule has 2 amide bonds. The Hall–Kier alpha value is -4.16. The molecule has 6 nitrogen and oxygen atoms in total. The van der Waals surface area contributed by atoms with E-state index in [1.807, 2.05) is 56.3 Å². The normalized spacial score (nSPS) is 13.6. The highest BCUT2D eigenvalue weighted by molar-refractivity contribution is 5.99. The molecule has 3 aromatic rings. The van der Waals surface area contributed by atoms with Gasteiger partial charge < -0.3 is 20.5 Å². The van der Waals surface area contributed by atoms with Gasteiger partial charge in [0.05, 0.1) is 24.8 Å². The van der Waals surface area contributed by atoms with E-state index in [0.717, 1.165) is 41.5 Å².